The first-order valence-electron chi connectivity index (χ1n) is 6.82. The van der Waals surface area contributed by atoms with Crippen LogP contribution in [0.3, 0.4) is 0 Å². The SMILES string of the molecule is Cc1cc(NC(=O)c2cncc(Nc3ccc(Cl)cc3)c2)no1. The van der Waals surface area contributed by atoms with Gasteiger partial charge >= 0.3 is 0 Å². The van der Waals surface area contributed by atoms with Crippen molar-refractivity contribution in [2.75, 3.05) is 10.6 Å². The number of aryl methyl sites for hydroxylation is 1. The summed E-state index contributed by atoms with van der Waals surface area (Å²) >= 11 is 5.85. The number of nitrogens with zero attached hydrogens (tertiary/aromatic N) is 2. The molecular weight excluding hydrogens is 316 g/mol. The summed E-state index contributed by atoms with van der Waals surface area (Å²) in [7, 11) is 0. The molecule has 0 aliphatic heterocycles. The van der Waals surface area contributed by atoms with Crippen molar-refractivity contribution in [3.05, 3.63) is 65.1 Å². The summed E-state index contributed by atoms with van der Waals surface area (Å²) in [5, 5.41) is 10.2. The number of rotatable bonds is 4. The van der Waals surface area contributed by atoms with Crippen molar-refractivity contribution in [1.29, 1.82) is 0 Å². The number of benzene rings is 1. The molecule has 0 bridgehead atoms. The minimum absolute atomic E-state index is 0.314. The molecule has 3 rings (SSSR count). The summed E-state index contributed by atoms with van der Waals surface area (Å²) in [6, 6.07) is 10.6. The Labute approximate surface area is 137 Å². The summed E-state index contributed by atoms with van der Waals surface area (Å²) in [6.07, 6.45) is 3.11. The average Bonchev–Trinajstić information content (AvgIpc) is 2.95. The summed E-state index contributed by atoms with van der Waals surface area (Å²) < 4.78 is 4.91. The molecule has 1 aromatic carbocycles. The second-order valence-electron chi connectivity index (χ2n) is 4.87. The first kappa shape index (κ1) is 15.1. The summed E-state index contributed by atoms with van der Waals surface area (Å²) in [5.74, 6) is 0.672. The monoisotopic (exact) mass is 328 g/mol. The van der Waals surface area contributed by atoms with Crippen LogP contribution >= 0.6 is 11.6 Å². The highest BCUT2D eigenvalue weighted by molar-refractivity contribution is 6.30. The van der Waals surface area contributed by atoms with Gasteiger partial charge in [-0.2, -0.15) is 0 Å². The molecule has 23 heavy (non-hydrogen) atoms. The standard InChI is InChI=1S/C16H13ClN4O2/c1-10-6-15(21-23-10)20-16(22)11-7-14(9-18-8-11)19-13-4-2-12(17)3-5-13/h2-9,19H,1H3,(H,20,21,22). The lowest BCUT2D eigenvalue weighted by Gasteiger charge is -2.07. The number of pyridine rings is 1. The average molecular weight is 329 g/mol. The lowest BCUT2D eigenvalue weighted by molar-refractivity contribution is 0.102. The van der Waals surface area contributed by atoms with E-state index in [0.29, 0.717) is 27.9 Å². The molecule has 0 radical (unpaired) electrons. The van der Waals surface area contributed by atoms with Gasteiger partial charge in [0.1, 0.15) is 5.76 Å². The molecule has 0 fully saturated rings. The second kappa shape index (κ2) is 6.50. The first-order valence-corrected chi connectivity index (χ1v) is 7.20. The molecule has 3 aromatic rings. The van der Waals surface area contributed by atoms with E-state index in [-0.39, 0.29) is 5.91 Å². The fourth-order valence-electron chi connectivity index (χ4n) is 1.95. The van der Waals surface area contributed by atoms with Gasteiger partial charge in [-0.3, -0.25) is 9.78 Å². The fourth-order valence-corrected chi connectivity index (χ4v) is 2.07. The molecule has 0 atom stereocenters. The van der Waals surface area contributed by atoms with E-state index < -0.39 is 0 Å². The lowest BCUT2D eigenvalue weighted by Crippen LogP contribution is -2.12. The van der Waals surface area contributed by atoms with E-state index >= 15 is 0 Å². The van der Waals surface area contributed by atoms with Crippen LogP contribution in [0.15, 0.2) is 53.3 Å². The highest BCUT2D eigenvalue weighted by Crippen LogP contribution is 2.19. The molecular formula is C16H13ClN4O2. The van der Waals surface area contributed by atoms with Gasteiger partial charge in [-0.1, -0.05) is 16.8 Å². The maximum Gasteiger partial charge on any atom is 0.258 e. The normalized spacial score (nSPS) is 10.3. The van der Waals surface area contributed by atoms with E-state index in [1.54, 1.807) is 37.4 Å². The topological polar surface area (TPSA) is 80.0 Å². The fraction of sp³-hybridized carbons (Fsp3) is 0.0625. The number of carbonyl (C=O) groups excluding carboxylic acids is 1. The Kier molecular flexibility index (Phi) is 4.25. The van der Waals surface area contributed by atoms with E-state index in [1.807, 2.05) is 12.1 Å². The predicted octanol–water partition coefficient (Wildman–Crippen LogP) is 4.03. The van der Waals surface area contributed by atoms with E-state index in [9.17, 15) is 4.79 Å². The third kappa shape index (κ3) is 3.87. The van der Waals surface area contributed by atoms with Crippen LogP contribution in [0.1, 0.15) is 16.1 Å². The van der Waals surface area contributed by atoms with Gasteiger partial charge < -0.3 is 15.2 Å². The van der Waals surface area contributed by atoms with Crippen LogP contribution in [0, 0.1) is 6.92 Å². The van der Waals surface area contributed by atoms with Gasteiger partial charge in [0.25, 0.3) is 5.91 Å². The molecule has 0 aliphatic carbocycles. The zero-order valence-electron chi connectivity index (χ0n) is 12.2. The summed E-state index contributed by atoms with van der Waals surface area (Å²) in [5.41, 5.74) is 1.95. The lowest BCUT2D eigenvalue weighted by atomic mass is 10.2. The van der Waals surface area contributed by atoms with Gasteiger partial charge in [0.15, 0.2) is 5.82 Å². The number of aromatic nitrogens is 2. The van der Waals surface area contributed by atoms with E-state index in [0.717, 1.165) is 5.69 Å². The van der Waals surface area contributed by atoms with E-state index in [1.165, 1.54) is 6.20 Å². The highest BCUT2D eigenvalue weighted by Gasteiger charge is 2.10. The smallest absolute Gasteiger partial charge is 0.258 e. The number of halogens is 1. The van der Waals surface area contributed by atoms with Crippen molar-refractivity contribution in [2.24, 2.45) is 0 Å². The first-order chi connectivity index (χ1) is 11.1. The number of amides is 1. The second-order valence-corrected chi connectivity index (χ2v) is 5.31. The Balaban J connectivity index is 1.73. The van der Waals surface area contributed by atoms with Crippen LogP contribution < -0.4 is 10.6 Å². The molecule has 7 heteroatoms. The summed E-state index contributed by atoms with van der Waals surface area (Å²) in [6.45, 7) is 1.75. The molecule has 0 aliphatic rings. The maximum atomic E-state index is 12.2. The maximum absolute atomic E-state index is 12.2. The Hall–Kier alpha value is -2.86. The molecule has 0 saturated carbocycles. The highest BCUT2D eigenvalue weighted by atomic mass is 35.5. The van der Waals surface area contributed by atoms with Gasteiger partial charge in [-0.05, 0) is 37.3 Å². The van der Waals surface area contributed by atoms with Crippen molar-refractivity contribution in [3.63, 3.8) is 0 Å². The van der Waals surface area contributed by atoms with Crippen LogP contribution in [0.2, 0.25) is 5.02 Å². The molecule has 2 heterocycles. The molecule has 2 aromatic heterocycles. The quantitative estimate of drug-likeness (QED) is 0.756. The van der Waals surface area contributed by atoms with Gasteiger partial charge in [0.05, 0.1) is 17.4 Å². The van der Waals surface area contributed by atoms with Crippen molar-refractivity contribution in [2.45, 2.75) is 6.92 Å². The van der Waals surface area contributed by atoms with Gasteiger partial charge in [-0.25, -0.2) is 0 Å². The Morgan fingerprint density at radius 2 is 1.91 bits per heavy atom. The Morgan fingerprint density at radius 3 is 2.61 bits per heavy atom. The molecule has 0 unspecified atom stereocenters. The number of hydrogen-bond acceptors (Lipinski definition) is 5. The minimum atomic E-state index is -0.314. The third-order valence-corrected chi connectivity index (χ3v) is 3.25. The molecule has 0 spiro atoms. The Morgan fingerprint density at radius 1 is 1.13 bits per heavy atom. The minimum Gasteiger partial charge on any atom is -0.360 e. The van der Waals surface area contributed by atoms with Crippen LogP contribution in [0.25, 0.3) is 0 Å². The third-order valence-electron chi connectivity index (χ3n) is 3.00. The van der Waals surface area contributed by atoms with E-state index in [2.05, 4.69) is 20.8 Å². The van der Waals surface area contributed by atoms with Gasteiger partial charge in [0, 0.05) is 23.0 Å². The molecule has 6 nitrogen and oxygen atoms in total. The number of nitrogens with one attached hydrogen (secondary N) is 2. The zero-order chi connectivity index (χ0) is 16.2. The van der Waals surface area contributed by atoms with E-state index in [4.69, 9.17) is 16.1 Å². The summed E-state index contributed by atoms with van der Waals surface area (Å²) in [4.78, 5) is 16.3. The van der Waals surface area contributed by atoms with Gasteiger partial charge in [0.2, 0.25) is 0 Å². The Bertz CT molecular complexity index is 830. The predicted molar refractivity (Wildman–Crippen MR) is 88.2 cm³/mol. The van der Waals surface area contributed by atoms with Crippen LogP contribution in [-0.2, 0) is 0 Å². The number of anilines is 3. The van der Waals surface area contributed by atoms with Crippen LogP contribution in [-0.4, -0.2) is 16.0 Å². The molecule has 2 N–H and O–H groups in total. The number of carbonyl (C=O) groups is 1. The van der Waals surface area contributed by atoms with Crippen LogP contribution in [0.5, 0.6) is 0 Å². The molecule has 0 saturated heterocycles. The van der Waals surface area contributed by atoms with Crippen LogP contribution in [0.4, 0.5) is 17.2 Å². The zero-order valence-corrected chi connectivity index (χ0v) is 13.0. The van der Waals surface area contributed by atoms with Crippen molar-refractivity contribution in [1.82, 2.24) is 10.1 Å². The largest absolute Gasteiger partial charge is 0.360 e. The molecule has 116 valence electrons. The van der Waals surface area contributed by atoms with Crippen molar-refractivity contribution < 1.29 is 9.32 Å². The van der Waals surface area contributed by atoms with Crippen molar-refractivity contribution >= 4 is 34.7 Å². The van der Waals surface area contributed by atoms with Crippen molar-refractivity contribution in [3.8, 4) is 0 Å². The number of hydrogen-bond donors (Lipinski definition) is 2. The molecule has 1 amide bonds. The van der Waals surface area contributed by atoms with Gasteiger partial charge in [-0.15, -0.1) is 0 Å².